The molecule has 0 saturated carbocycles. The molecule has 1 atom stereocenters. The average Bonchev–Trinajstić information content (AvgIpc) is 2.29. The Morgan fingerprint density at radius 2 is 2.00 bits per heavy atom. The van der Waals surface area contributed by atoms with Gasteiger partial charge < -0.3 is 9.84 Å². The Morgan fingerprint density at radius 1 is 1.31 bits per heavy atom. The molecule has 3 nitrogen and oxygen atoms in total. The van der Waals surface area contributed by atoms with Crippen LogP contribution in [0.3, 0.4) is 0 Å². The maximum absolute atomic E-state index is 10.8. The van der Waals surface area contributed by atoms with E-state index in [2.05, 4.69) is 0 Å². The molecule has 0 amide bonds. The van der Waals surface area contributed by atoms with Gasteiger partial charge in [-0.05, 0) is 25.0 Å². The quantitative estimate of drug-likeness (QED) is 0.748. The zero-order valence-electron chi connectivity index (χ0n) is 8.93. The van der Waals surface area contributed by atoms with E-state index < -0.39 is 11.9 Å². The van der Waals surface area contributed by atoms with Crippen molar-refractivity contribution >= 4 is 17.6 Å². The van der Waals surface area contributed by atoms with Gasteiger partial charge >= 0.3 is 5.97 Å². The fourth-order valence-electron chi connectivity index (χ4n) is 1.36. The predicted octanol–water partition coefficient (Wildman–Crippen LogP) is 2.79. The third-order valence-corrected chi connectivity index (χ3v) is 2.50. The molecule has 0 heterocycles. The van der Waals surface area contributed by atoms with Crippen molar-refractivity contribution in [3.05, 3.63) is 30.3 Å². The summed E-state index contributed by atoms with van der Waals surface area (Å²) in [4.78, 5) is 10.8. The Hall–Kier alpha value is -1.22. The van der Waals surface area contributed by atoms with Crippen molar-refractivity contribution in [2.75, 3.05) is 12.5 Å². The molecule has 0 spiro atoms. The largest absolute Gasteiger partial charge is 0.494 e. The van der Waals surface area contributed by atoms with Crippen LogP contribution in [0.5, 0.6) is 5.75 Å². The fourth-order valence-corrected chi connectivity index (χ4v) is 1.62. The molecule has 1 aromatic rings. The molecule has 88 valence electrons. The maximum Gasteiger partial charge on any atom is 0.306 e. The first-order valence-corrected chi connectivity index (χ1v) is 5.74. The number of para-hydroxylation sites is 1. The molecule has 0 aliphatic rings. The van der Waals surface area contributed by atoms with Gasteiger partial charge in [0.25, 0.3) is 0 Å². The summed E-state index contributed by atoms with van der Waals surface area (Å²) in [6.07, 6.45) is 0.964. The number of carbonyl (C=O) groups is 1. The van der Waals surface area contributed by atoms with Crippen molar-refractivity contribution < 1.29 is 14.6 Å². The van der Waals surface area contributed by atoms with Crippen LogP contribution in [0.25, 0.3) is 0 Å². The van der Waals surface area contributed by atoms with Crippen molar-refractivity contribution in [3.8, 4) is 5.75 Å². The summed E-state index contributed by atoms with van der Waals surface area (Å²) in [5.74, 6) is -0.0986. The van der Waals surface area contributed by atoms with Crippen LogP contribution in [-0.4, -0.2) is 23.6 Å². The number of hydrogen-bond acceptors (Lipinski definition) is 2. The lowest BCUT2D eigenvalue weighted by molar-refractivity contribution is -0.142. The minimum absolute atomic E-state index is 0.363. The van der Waals surface area contributed by atoms with Crippen LogP contribution < -0.4 is 4.74 Å². The van der Waals surface area contributed by atoms with Crippen LogP contribution in [0.1, 0.15) is 12.8 Å². The van der Waals surface area contributed by atoms with Gasteiger partial charge in [-0.1, -0.05) is 18.2 Å². The summed E-state index contributed by atoms with van der Waals surface area (Å²) >= 11 is 5.53. The van der Waals surface area contributed by atoms with Gasteiger partial charge in [-0.25, -0.2) is 0 Å². The van der Waals surface area contributed by atoms with Crippen molar-refractivity contribution in [1.29, 1.82) is 0 Å². The molecule has 0 aliphatic heterocycles. The highest BCUT2D eigenvalue weighted by molar-refractivity contribution is 6.17. The first-order chi connectivity index (χ1) is 7.74. The molecule has 1 unspecified atom stereocenters. The monoisotopic (exact) mass is 242 g/mol. The van der Waals surface area contributed by atoms with Crippen molar-refractivity contribution in [2.24, 2.45) is 5.92 Å². The summed E-state index contributed by atoms with van der Waals surface area (Å²) in [6.45, 7) is 0.401. The van der Waals surface area contributed by atoms with Gasteiger partial charge in [0, 0.05) is 5.88 Å². The minimum atomic E-state index is -0.808. The van der Waals surface area contributed by atoms with E-state index in [0.717, 1.165) is 5.75 Å². The van der Waals surface area contributed by atoms with E-state index >= 15 is 0 Å². The lowest BCUT2D eigenvalue weighted by atomic mass is 10.0. The number of rotatable bonds is 7. The smallest absolute Gasteiger partial charge is 0.306 e. The Bertz CT molecular complexity index is 313. The predicted molar refractivity (Wildman–Crippen MR) is 63.0 cm³/mol. The first kappa shape index (κ1) is 12.8. The van der Waals surface area contributed by atoms with E-state index in [1.165, 1.54) is 0 Å². The van der Waals surface area contributed by atoms with Crippen LogP contribution in [0.15, 0.2) is 30.3 Å². The topological polar surface area (TPSA) is 46.5 Å². The third-order valence-electron chi connectivity index (χ3n) is 2.29. The second-order valence-corrected chi connectivity index (χ2v) is 3.84. The highest BCUT2D eigenvalue weighted by Crippen LogP contribution is 2.13. The Kier molecular flexibility index (Phi) is 5.72. The Labute approximate surface area is 100.0 Å². The highest BCUT2D eigenvalue weighted by Gasteiger charge is 2.16. The number of aliphatic carboxylic acids is 1. The van der Waals surface area contributed by atoms with Crippen LogP contribution in [-0.2, 0) is 4.79 Å². The Morgan fingerprint density at radius 3 is 2.56 bits per heavy atom. The SMILES string of the molecule is O=C(O)C(CCCl)CCOc1ccccc1. The van der Waals surface area contributed by atoms with Crippen LogP contribution in [0, 0.1) is 5.92 Å². The molecule has 1 aromatic carbocycles. The zero-order chi connectivity index (χ0) is 11.8. The number of hydrogen-bond donors (Lipinski definition) is 1. The molecule has 0 radical (unpaired) electrons. The van der Waals surface area contributed by atoms with Gasteiger partial charge in [0.15, 0.2) is 0 Å². The molecule has 0 saturated heterocycles. The molecule has 0 bridgehead atoms. The van der Waals surface area contributed by atoms with Gasteiger partial charge in [-0.15, -0.1) is 11.6 Å². The molecule has 1 rings (SSSR count). The van der Waals surface area contributed by atoms with Crippen molar-refractivity contribution in [2.45, 2.75) is 12.8 Å². The number of benzene rings is 1. The van der Waals surface area contributed by atoms with Crippen LogP contribution >= 0.6 is 11.6 Å². The van der Waals surface area contributed by atoms with Gasteiger partial charge in [-0.2, -0.15) is 0 Å². The molecule has 4 heteroatoms. The molecular formula is C12H15ClO3. The molecule has 0 fully saturated rings. The number of carboxylic acid groups (broad SMARTS) is 1. The maximum atomic E-state index is 10.8. The second kappa shape index (κ2) is 7.12. The van der Waals surface area contributed by atoms with E-state index in [1.807, 2.05) is 30.3 Å². The third kappa shape index (κ3) is 4.53. The summed E-state index contributed by atoms with van der Waals surface area (Å²) in [7, 11) is 0. The fraction of sp³-hybridized carbons (Fsp3) is 0.417. The van der Waals surface area contributed by atoms with Gasteiger partial charge in [0.1, 0.15) is 5.75 Å². The van der Waals surface area contributed by atoms with Gasteiger partial charge in [-0.3, -0.25) is 4.79 Å². The normalized spacial score (nSPS) is 12.1. The first-order valence-electron chi connectivity index (χ1n) is 5.20. The number of ether oxygens (including phenoxy) is 1. The molecule has 0 aliphatic carbocycles. The highest BCUT2D eigenvalue weighted by atomic mass is 35.5. The van der Waals surface area contributed by atoms with Gasteiger partial charge in [0.2, 0.25) is 0 Å². The number of halogens is 1. The van der Waals surface area contributed by atoms with E-state index in [1.54, 1.807) is 0 Å². The van der Waals surface area contributed by atoms with Crippen molar-refractivity contribution in [3.63, 3.8) is 0 Å². The van der Waals surface area contributed by atoms with Crippen molar-refractivity contribution in [1.82, 2.24) is 0 Å². The summed E-state index contributed by atoms with van der Waals surface area (Å²) in [5, 5.41) is 8.89. The molecule has 16 heavy (non-hydrogen) atoms. The Balaban J connectivity index is 2.31. The summed E-state index contributed by atoms with van der Waals surface area (Å²) in [6, 6.07) is 9.35. The average molecular weight is 243 g/mol. The van der Waals surface area contributed by atoms with Gasteiger partial charge in [0.05, 0.1) is 12.5 Å². The minimum Gasteiger partial charge on any atom is -0.494 e. The second-order valence-electron chi connectivity index (χ2n) is 3.46. The van der Waals surface area contributed by atoms with Crippen LogP contribution in [0.2, 0.25) is 0 Å². The zero-order valence-corrected chi connectivity index (χ0v) is 9.69. The lowest BCUT2D eigenvalue weighted by Crippen LogP contribution is -2.17. The molecule has 0 aromatic heterocycles. The molecular weight excluding hydrogens is 228 g/mol. The van der Waals surface area contributed by atoms with E-state index in [9.17, 15) is 4.79 Å². The van der Waals surface area contributed by atoms with E-state index in [4.69, 9.17) is 21.4 Å². The summed E-state index contributed by atoms with van der Waals surface area (Å²) in [5.41, 5.74) is 0. The van der Waals surface area contributed by atoms with E-state index in [-0.39, 0.29) is 0 Å². The standard InChI is InChI=1S/C12H15ClO3/c13-8-6-10(12(14)15)7-9-16-11-4-2-1-3-5-11/h1-5,10H,6-9H2,(H,14,15). The van der Waals surface area contributed by atoms with E-state index in [0.29, 0.717) is 25.3 Å². The number of carboxylic acids is 1. The van der Waals surface area contributed by atoms with Crippen LogP contribution in [0.4, 0.5) is 0 Å². The summed E-state index contributed by atoms with van der Waals surface area (Å²) < 4.78 is 5.43. The molecule has 1 N–H and O–H groups in total. The lowest BCUT2D eigenvalue weighted by Gasteiger charge is -2.11. The number of alkyl halides is 1.